The third-order valence-corrected chi connectivity index (χ3v) is 7.55. The van der Waals surface area contributed by atoms with E-state index >= 15 is 0 Å². The van der Waals surface area contributed by atoms with E-state index in [1.165, 1.54) is 23.2 Å². The molecule has 0 radical (unpaired) electrons. The molecule has 28 heavy (non-hydrogen) atoms. The Morgan fingerprint density at radius 3 is 2.64 bits per heavy atom. The average Bonchev–Trinajstić information content (AvgIpc) is 3.47. The predicted octanol–water partition coefficient (Wildman–Crippen LogP) is 3.28. The second-order valence-electron chi connectivity index (χ2n) is 7.69. The van der Waals surface area contributed by atoms with Gasteiger partial charge in [0.2, 0.25) is 10.0 Å². The van der Waals surface area contributed by atoms with Crippen LogP contribution in [-0.4, -0.2) is 41.5 Å². The van der Waals surface area contributed by atoms with E-state index in [1.807, 2.05) is 4.68 Å². The van der Waals surface area contributed by atoms with Crippen LogP contribution in [0.15, 0.2) is 41.4 Å². The van der Waals surface area contributed by atoms with Crippen LogP contribution in [0.25, 0.3) is 0 Å². The largest absolute Gasteiger partial charge is 0.307 e. The lowest BCUT2D eigenvalue weighted by molar-refractivity contribution is 0.102. The molecule has 1 saturated carbocycles. The molecule has 0 spiro atoms. The summed E-state index contributed by atoms with van der Waals surface area (Å²) in [6, 6.07) is 8.28. The van der Waals surface area contributed by atoms with Gasteiger partial charge in [-0.1, -0.05) is 12.5 Å². The van der Waals surface area contributed by atoms with Gasteiger partial charge in [0.15, 0.2) is 0 Å². The molecule has 8 heteroatoms. The summed E-state index contributed by atoms with van der Waals surface area (Å²) < 4.78 is 29.1. The first kappa shape index (κ1) is 19.1. The predicted molar refractivity (Wildman–Crippen MR) is 107 cm³/mol. The third-order valence-electron chi connectivity index (χ3n) is 5.65. The number of rotatable bonds is 6. The number of benzene rings is 1. The van der Waals surface area contributed by atoms with Gasteiger partial charge in [-0.25, -0.2) is 13.1 Å². The number of nitrogens with one attached hydrogen (secondary N) is 1. The second-order valence-corrected chi connectivity index (χ2v) is 9.62. The molecular weight excluding hydrogens is 376 g/mol. The Kier molecular flexibility index (Phi) is 5.25. The van der Waals surface area contributed by atoms with Crippen LogP contribution in [0, 0.1) is 5.92 Å². The first-order valence-corrected chi connectivity index (χ1v) is 11.4. The Balaban J connectivity index is 1.53. The summed E-state index contributed by atoms with van der Waals surface area (Å²) in [5, 5.41) is 7.22. The number of piperidine rings is 1. The fourth-order valence-electron chi connectivity index (χ4n) is 3.76. The van der Waals surface area contributed by atoms with E-state index in [9.17, 15) is 13.2 Å². The van der Waals surface area contributed by atoms with Gasteiger partial charge in [0, 0.05) is 24.7 Å². The first-order valence-electron chi connectivity index (χ1n) is 9.92. The van der Waals surface area contributed by atoms with Crippen LogP contribution in [0.1, 0.15) is 55.4 Å². The van der Waals surface area contributed by atoms with Crippen LogP contribution in [0.2, 0.25) is 0 Å². The minimum Gasteiger partial charge on any atom is -0.307 e. The Bertz CT molecular complexity index is 959. The van der Waals surface area contributed by atoms with E-state index in [1.54, 1.807) is 30.5 Å². The standard InChI is InChI=1S/C20H26N4O3S/c1-15(16-8-9-16)24-19(10-11-21-24)22-20(25)17-6-5-7-18(14-17)28(26,27)23-12-3-2-4-13-23/h5-7,10-11,14-16H,2-4,8-9,12-13H2,1H3,(H,22,25). The smallest absolute Gasteiger partial charge is 0.256 e. The number of carbonyl (C=O) groups excluding carboxylic acids is 1. The molecule has 1 amide bonds. The van der Waals surface area contributed by atoms with Gasteiger partial charge in [-0.3, -0.25) is 4.79 Å². The van der Waals surface area contributed by atoms with Gasteiger partial charge in [-0.05, 0) is 56.7 Å². The number of aromatic nitrogens is 2. The summed E-state index contributed by atoms with van der Waals surface area (Å²) in [5.41, 5.74) is 0.324. The molecule has 1 aromatic heterocycles. The molecule has 150 valence electrons. The first-order chi connectivity index (χ1) is 13.5. The summed E-state index contributed by atoms with van der Waals surface area (Å²) in [6.45, 7) is 3.18. The number of amides is 1. The normalized spacial score (nSPS) is 19.3. The molecule has 4 rings (SSSR count). The molecule has 2 aliphatic rings. The lowest BCUT2D eigenvalue weighted by atomic mass is 10.2. The highest BCUT2D eigenvalue weighted by Crippen LogP contribution is 2.40. The van der Waals surface area contributed by atoms with Crippen molar-refractivity contribution < 1.29 is 13.2 Å². The van der Waals surface area contributed by atoms with E-state index in [0.717, 1.165) is 19.3 Å². The Hall–Kier alpha value is -2.19. The number of sulfonamides is 1. The van der Waals surface area contributed by atoms with Gasteiger partial charge in [-0.15, -0.1) is 0 Å². The van der Waals surface area contributed by atoms with Crippen LogP contribution in [-0.2, 0) is 10.0 Å². The topological polar surface area (TPSA) is 84.3 Å². The van der Waals surface area contributed by atoms with Crippen molar-refractivity contribution in [2.24, 2.45) is 5.92 Å². The van der Waals surface area contributed by atoms with E-state index < -0.39 is 10.0 Å². The van der Waals surface area contributed by atoms with Crippen molar-refractivity contribution in [2.45, 2.75) is 50.0 Å². The van der Waals surface area contributed by atoms with Crippen molar-refractivity contribution >= 4 is 21.7 Å². The zero-order valence-electron chi connectivity index (χ0n) is 16.0. The van der Waals surface area contributed by atoms with E-state index in [0.29, 0.717) is 30.4 Å². The van der Waals surface area contributed by atoms with Crippen molar-refractivity contribution in [1.29, 1.82) is 0 Å². The highest BCUT2D eigenvalue weighted by Gasteiger charge is 2.31. The van der Waals surface area contributed by atoms with Gasteiger partial charge in [0.05, 0.1) is 17.1 Å². The molecule has 2 fully saturated rings. The minimum absolute atomic E-state index is 0.168. The molecule has 1 saturated heterocycles. The zero-order valence-corrected chi connectivity index (χ0v) is 16.9. The summed E-state index contributed by atoms with van der Waals surface area (Å²) in [7, 11) is -3.57. The van der Waals surface area contributed by atoms with Crippen LogP contribution >= 0.6 is 0 Å². The molecule has 1 aromatic carbocycles. The number of nitrogens with zero attached hydrogens (tertiary/aromatic N) is 3. The highest BCUT2D eigenvalue weighted by atomic mass is 32.2. The van der Waals surface area contributed by atoms with Gasteiger partial charge in [0.25, 0.3) is 5.91 Å². The fraction of sp³-hybridized carbons (Fsp3) is 0.500. The molecule has 1 atom stereocenters. The van der Waals surface area contributed by atoms with E-state index in [4.69, 9.17) is 0 Å². The van der Waals surface area contributed by atoms with Crippen molar-refractivity contribution in [3.05, 3.63) is 42.1 Å². The van der Waals surface area contributed by atoms with Gasteiger partial charge in [0.1, 0.15) is 5.82 Å². The lowest BCUT2D eigenvalue weighted by Crippen LogP contribution is -2.35. The van der Waals surface area contributed by atoms with E-state index in [-0.39, 0.29) is 16.8 Å². The molecule has 1 unspecified atom stereocenters. The van der Waals surface area contributed by atoms with Crippen LogP contribution in [0.5, 0.6) is 0 Å². The van der Waals surface area contributed by atoms with Crippen LogP contribution in [0.4, 0.5) is 5.82 Å². The van der Waals surface area contributed by atoms with Gasteiger partial charge < -0.3 is 5.32 Å². The Labute approximate surface area is 165 Å². The molecule has 2 heterocycles. The van der Waals surface area contributed by atoms with Crippen LogP contribution < -0.4 is 5.32 Å². The van der Waals surface area contributed by atoms with Crippen molar-refractivity contribution in [3.63, 3.8) is 0 Å². The minimum atomic E-state index is -3.57. The molecule has 1 aliphatic heterocycles. The van der Waals surface area contributed by atoms with Crippen molar-refractivity contribution in [3.8, 4) is 0 Å². The number of anilines is 1. The Morgan fingerprint density at radius 1 is 1.18 bits per heavy atom. The molecule has 1 aliphatic carbocycles. The summed E-state index contributed by atoms with van der Waals surface area (Å²) in [4.78, 5) is 12.9. The monoisotopic (exact) mass is 402 g/mol. The van der Waals surface area contributed by atoms with Gasteiger partial charge >= 0.3 is 0 Å². The van der Waals surface area contributed by atoms with Crippen molar-refractivity contribution in [1.82, 2.24) is 14.1 Å². The summed E-state index contributed by atoms with van der Waals surface area (Å²) in [5.74, 6) is 0.905. The highest BCUT2D eigenvalue weighted by molar-refractivity contribution is 7.89. The summed E-state index contributed by atoms with van der Waals surface area (Å²) >= 11 is 0. The molecule has 7 nitrogen and oxygen atoms in total. The zero-order chi connectivity index (χ0) is 19.7. The fourth-order valence-corrected chi connectivity index (χ4v) is 5.32. The molecule has 0 bridgehead atoms. The number of carbonyl (C=O) groups is 1. The number of hydrogen-bond acceptors (Lipinski definition) is 4. The molecule has 2 aromatic rings. The SMILES string of the molecule is CC(C1CC1)n1nccc1NC(=O)c1cccc(S(=O)(=O)N2CCCCC2)c1. The van der Waals surface area contributed by atoms with Crippen molar-refractivity contribution in [2.75, 3.05) is 18.4 Å². The summed E-state index contributed by atoms with van der Waals surface area (Å²) in [6.07, 6.45) is 6.86. The van der Waals surface area contributed by atoms with Gasteiger partial charge in [-0.2, -0.15) is 9.40 Å². The van der Waals surface area contributed by atoms with E-state index in [2.05, 4.69) is 17.3 Å². The maximum atomic E-state index is 12.9. The second kappa shape index (κ2) is 7.67. The average molecular weight is 403 g/mol. The third kappa shape index (κ3) is 3.84. The lowest BCUT2D eigenvalue weighted by Gasteiger charge is -2.26. The maximum Gasteiger partial charge on any atom is 0.256 e. The quantitative estimate of drug-likeness (QED) is 0.804. The molecule has 1 N–H and O–H groups in total. The van der Waals surface area contributed by atoms with Crippen LogP contribution in [0.3, 0.4) is 0 Å². The molecular formula is C20H26N4O3S. The number of hydrogen-bond donors (Lipinski definition) is 1. The maximum absolute atomic E-state index is 12.9. The Morgan fingerprint density at radius 2 is 1.93 bits per heavy atom.